The van der Waals surface area contributed by atoms with E-state index in [1.165, 1.54) is 6.07 Å². The number of para-hydroxylation sites is 1. The van der Waals surface area contributed by atoms with Crippen LogP contribution >= 0.6 is 0 Å². The van der Waals surface area contributed by atoms with Crippen LogP contribution in [0.15, 0.2) is 24.3 Å². The number of halogens is 2. The molecular weight excluding hydrogens is 292 g/mol. The molecule has 0 aliphatic carbocycles. The maximum absolute atomic E-state index is 12.4. The van der Waals surface area contributed by atoms with E-state index in [1.54, 1.807) is 39.0 Å². The SMILES string of the molecule is CC(C)(C)OC(=O)CCC(CN)c1ccccc1OC(F)F. The van der Waals surface area contributed by atoms with E-state index in [0.29, 0.717) is 12.0 Å². The van der Waals surface area contributed by atoms with Crippen molar-refractivity contribution >= 4 is 5.97 Å². The van der Waals surface area contributed by atoms with E-state index < -0.39 is 12.2 Å². The van der Waals surface area contributed by atoms with Crippen molar-refractivity contribution in [2.45, 2.75) is 51.7 Å². The third kappa shape index (κ3) is 6.39. The molecule has 0 aromatic heterocycles. The normalized spacial score (nSPS) is 13.0. The second-order valence-corrected chi connectivity index (χ2v) is 5.97. The molecule has 124 valence electrons. The van der Waals surface area contributed by atoms with Gasteiger partial charge in [0.05, 0.1) is 0 Å². The second kappa shape index (κ2) is 8.08. The third-order valence-corrected chi connectivity index (χ3v) is 2.98. The van der Waals surface area contributed by atoms with E-state index in [1.807, 2.05) is 0 Å². The summed E-state index contributed by atoms with van der Waals surface area (Å²) >= 11 is 0. The number of nitrogens with two attached hydrogens (primary N) is 1. The van der Waals surface area contributed by atoms with Gasteiger partial charge in [-0.2, -0.15) is 8.78 Å². The third-order valence-electron chi connectivity index (χ3n) is 2.98. The molecule has 1 aromatic rings. The summed E-state index contributed by atoms with van der Waals surface area (Å²) in [6.07, 6.45) is 0.581. The van der Waals surface area contributed by atoms with Gasteiger partial charge in [-0.3, -0.25) is 4.79 Å². The number of carbonyl (C=O) groups excluding carboxylic acids is 1. The Kier molecular flexibility index (Phi) is 6.74. The standard InChI is InChI=1S/C16H23F2NO3/c1-16(2,3)22-14(20)9-8-11(10-19)12-6-4-5-7-13(12)21-15(17)18/h4-7,11,15H,8-10,19H2,1-3H3. The van der Waals surface area contributed by atoms with E-state index in [-0.39, 0.29) is 30.6 Å². The highest BCUT2D eigenvalue weighted by molar-refractivity contribution is 5.70. The Hall–Kier alpha value is -1.69. The van der Waals surface area contributed by atoms with Crippen LogP contribution in [0.25, 0.3) is 0 Å². The van der Waals surface area contributed by atoms with Gasteiger partial charge < -0.3 is 15.2 Å². The molecule has 2 N–H and O–H groups in total. The lowest BCUT2D eigenvalue weighted by atomic mass is 9.93. The van der Waals surface area contributed by atoms with Crippen molar-refractivity contribution < 1.29 is 23.0 Å². The highest BCUT2D eigenvalue weighted by Crippen LogP contribution is 2.30. The molecule has 22 heavy (non-hydrogen) atoms. The predicted molar refractivity (Wildman–Crippen MR) is 79.9 cm³/mol. The van der Waals surface area contributed by atoms with E-state index in [9.17, 15) is 13.6 Å². The molecule has 0 fully saturated rings. The minimum Gasteiger partial charge on any atom is -0.460 e. The Morgan fingerprint density at radius 2 is 1.91 bits per heavy atom. The van der Waals surface area contributed by atoms with Crippen LogP contribution in [0.3, 0.4) is 0 Å². The highest BCUT2D eigenvalue weighted by atomic mass is 19.3. The number of rotatable bonds is 7. The van der Waals surface area contributed by atoms with E-state index in [2.05, 4.69) is 4.74 Å². The average Bonchev–Trinajstić information content (AvgIpc) is 2.38. The first-order chi connectivity index (χ1) is 10.2. The first-order valence-electron chi connectivity index (χ1n) is 7.18. The van der Waals surface area contributed by atoms with Crippen molar-refractivity contribution in [2.75, 3.05) is 6.54 Å². The van der Waals surface area contributed by atoms with Crippen LogP contribution in [-0.2, 0) is 9.53 Å². The van der Waals surface area contributed by atoms with E-state index >= 15 is 0 Å². The lowest BCUT2D eigenvalue weighted by Gasteiger charge is -2.21. The van der Waals surface area contributed by atoms with Crippen LogP contribution in [0, 0.1) is 0 Å². The van der Waals surface area contributed by atoms with Crippen LogP contribution in [0.4, 0.5) is 8.78 Å². The van der Waals surface area contributed by atoms with Gasteiger partial charge in [0.25, 0.3) is 0 Å². The maximum atomic E-state index is 12.4. The van der Waals surface area contributed by atoms with Gasteiger partial charge in [-0.25, -0.2) is 0 Å². The number of hydrogen-bond acceptors (Lipinski definition) is 4. The Morgan fingerprint density at radius 1 is 1.27 bits per heavy atom. The zero-order valence-electron chi connectivity index (χ0n) is 13.1. The van der Waals surface area contributed by atoms with Gasteiger partial charge in [0, 0.05) is 12.3 Å². The largest absolute Gasteiger partial charge is 0.460 e. The van der Waals surface area contributed by atoms with Gasteiger partial charge >= 0.3 is 12.6 Å². The van der Waals surface area contributed by atoms with Crippen LogP contribution in [0.1, 0.15) is 45.1 Å². The molecule has 0 amide bonds. The quantitative estimate of drug-likeness (QED) is 0.783. The first kappa shape index (κ1) is 18.4. The molecule has 0 aliphatic heterocycles. The summed E-state index contributed by atoms with van der Waals surface area (Å²) in [6.45, 7) is 2.70. The minimum atomic E-state index is -2.90. The van der Waals surface area contributed by atoms with Crippen molar-refractivity contribution in [3.05, 3.63) is 29.8 Å². The molecule has 0 heterocycles. The summed E-state index contributed by atoms with van der Waals surface area (Å²) in [6, 6.07) is 6.49. The monoisotopic (exact) mass is 315 g/mol. The number of benzene rings is 1. The summed E-state index contributed by atoms with van der Waals surface area (Å²) in [5.41, 5.74) is 5.75. The fraction of sp³-hybridized carbons (Fsp3) is 0.562. The molecule has 1 aromatic carbocycles. The van der Waals surface area contributed by atoms with E-state index in [0.717, 1.165) is 0 Å². The lowest BCUT2D eigenvalue weighted by Crippen LogP contribution is -2.24. The van der Waals surface area contributed by atoms with Crippen molar-refractivity contribution in [3.8, 4) is 5.75 Å². The predicted octanol–water partition coefficient (Wildman–Crippen LogP) is 3.45. The van der Waals surface area contributed by atoms with Crippen LogP contribution in [-0.4, -0.2) is 24.7 Å². The summed E-state index contributed by atoms with van der Waals surface area (Å²) < 4.78 is 34.6. The minimum absolute atomic E-state index is 0.0946. The maximum Gasteiger partial charge on any atom is 0.387 e. The molecule has 1 atom stereocenters. The number of alkyl halides is 2. The smallest absolute Gasteiger partial charge is 0.387 e. The molecular formula is C16H23F2NO3. The zero-order valence-corrected chi connectivity index (χ0v) is 13.1. The van der Waals surface area contributed by atoms with Gasteiger partial charge in [0.2, 0.25) is 0 Å². The Labute approximate surface area is 129 Å². The second-order valence-electron chi connectivity index (χ2n) is 5.97. The van der Waals surface area contributed by atoms with E-state index in [4.69, 9.17) is 10.5 Å². The number of ether oxygens (including phenoxy) is 2. The Balaban J connectivity index is 2.74. The molecule has 4 nitrogen and oxygen atoms in total. The molecule has 6 heteroatoms. The number of carbonyl (C=O) groups is 1. The first-order valence-corrected chi connectivity index (χ1v) is 7.18. The molecule has 0 saturated heterocycles. The lowest BCUT2D eigenvalue weighted by molar-refractivity contribution is -0.155. The molecule has 1 rings (SSSR count). The van der Waals surface area contributed by atoms with Gasteiger partial charge in [0.15, 0.2) is 0 Å². The number of hydrogen-bond donors (Lipinski definition) is 1. The van der Waals surface area contributed by atoms with Crippen molar-refractivity contribution in [1.82, 2.24) is 0 Å². The van der Waals surface area contributed by atoms with Gasteiger partial charge in [-0.05, 0) is 45.4 Å². The summed E-state index contributed by atoms with van der Waals surface area (Å²) in [4.78, 5) is 11.8. The Bertz CT molecular complexity index is 487. The van der Waals surface area contributed by atoms with Crippen molar-refractivity contribution in [2.24, 2.45) is 5.73 Å². The summed E-state index contributed by atoms with van der Waals surface area (Å²) in [7, 11) is 0. The van der Waals surface area contributed by atoms with Gasteiger partial charge in [-0.15, -0.1) is 0 Å². The molecule has 1 unspecified atom stereocenters. The zero-order chi connectivity index (χ0) is 16.8. The Morgan fingerprint density at radius 3 is 2.45 bits per heavy atom. The van der Waals surface area contributed by atoms with Crippen LogP contribution in [0.5, 0.6) is 5.75 Å². The molecule has 0 radical (unpaired) electrons. The summed E-state index contributed by atoms with van der Waals surface area (Å²) in [5, 5.41) is 0. The fourth-order valence-corrected chi connectivity index (χ4v) is 2.11. The van der Waals surface area contributed by atoms with Crippen molar-refractivity contribution in [3.63, 3.8) is 0 Å². The van der Waals surface area contributed by atoms with Gasteiger partial charge in [-0.1, -0.05) is 18.2 Å². The van der Waals surface area contributed by atoms with Crippen LogP contribution in [0.2, 0.25) is 0 Å². The van der Waals surface area contributed by atoms with Crippen LogP contribution < -0.4 is 10.5 Å². The molecule has 0 spiro atoms. The number of esters is 1. The van der Waals surface area contributed by atoms with Crippen molar-refractivity contribution in [1.29, 1.82) is 0 Å². The summed E-state index contributed by atoms with van der Waals surface area (Å²) in [5.74, 6) is -0.488. The van der Waals surface area contributed by atoms with Gasteiger partial charge in [0.1, 0.15) is 11.4 Å². The highest BCUT2D eigenvalue weighted by Gasteiger charge is 2.21. The molecule has 0 bridgehead atoms. The molecule has 0 aliphatic rings. The fourth-order valence-electron chi connectivity index (χ4n) is 2.11. The average molecular weight is 315 g/mol. The topological polar surface area (TPSA) is 61.5 Å². The molecule has 0 saturated carbocycles.